The molecule has 2 heterocycles. The number of hydrogen-bond acceptors (Lipinski definition) is 4. The second-order valence-corrected chi connectivity index (χ2v) is 8.56. The summed E-state index contributed by atoms with van der Waals surface area (Å²) in [6.07, 6.45) is 1.07. The maximum absolute atomic E-state index is 4.07. The van der Waals surface area contributed by atoms with Gasteiger partial charge in [0.2, 0.25) is 0 Å². The number of halogens is 3. The molecule has 0 aliphatic rings. The predicted octanol–water partition coefficient (Wildman–Crippen LogP) is 4.25. The highest BCUT2D eigenvalue weighted by Crippen LogP contribution is 2.38. The van der Waals surface area contributed by atoms with Crippen LogP contribution in [-0.4, -0.2) is 21.5 Å². The third-order valence-electron chi connectivity index (χ3n) is 2.69. The minimum Gasteiger partial charge on any atom is -0.305 e. The monoisotopic (exact) mass is 470 g/mol. The van der Waals surface area contributed by atoms with Gasteiger partial charge in [-0.2, -0.15) is 0 Å². The molecule has 1 unspecified atom stereocenters. The number of hydrogen-bond donors (Lipinski definition) is 1. The van der Waals surface area contributed by atoms with Gasteiger partial charge in [0.25, 0.3) is 0 Å². The molecule has 1 N–H and O–H groups in total. The van der Waals surface area contributed by atoms with Crippen molar-refractivity contribution < 1.29 is 0 Å². The molecule has 0 saturated carbocycles. The smallest absolute Gasteiger partial charge is 0.153 e. The van der Waals surface area contributed by atoms with Crippen LogP contribution >= 0.6 is 59.1 Å². The Morgan fingerprint density at radius 3 is 2.63 bits per heavy atom. The molecule has 0 saturated heterocycles. The highest BCUT2D eigenvalue weighted by Gasteiger charge is 2.24. The third kappa shape index (κ3) is 3.47. The van der Waals surface area contributed by atoms with E-state index in [1.165, 1.54) is 5.56 Å². The number of rotatable bonds is 5. The highest BCUT2D eigenvalue weighted by atomic mass is 79.9. The molecule has 0 spiro atoms. The molecule has 2 rings (SSSR count). The normalized spacial score (nSPS) is 12.9. The molecule has 0 aliphatic heterocycles. The van der Waals surface area contributed by atoms with Crippen molar-refractivity contribution in [1.82, 2.24) is 20.3 Å². The first-order valence-corrected chi connectivity index (χ1v) is 8.97. The minimum atomic E-state index is 0.0613. The molecule has 2 aromatic heterocycles. The van der Waals surface area contributed by atoms with Crippen LogP contribution in [0, 0.1) is 0 Å². The van der Waals surface area contributed by atoms with Gasteiger partial charge in [-0.15, -0.1) is 16.4 Å². The van der Waals surface area contributed by atoms with Gasteiger partial charge in [-0.3, -0.25) is 0 Å². The van der Waals surface area contributed by atoms with Crippen molar-refractivity contribution in [3.8, 4) is 0 Å². The Labute approximate surface area is 141 Å². The minimum absolute atomic E-state index is 0.0613. The van der Waals surface area contributed by atoms with E-state index in [9.17, 15) is 0 Å². The van der Waals surface area contributed by atoms with Crippen LogP contribution in [-0.2, 0) is 7.05 Å². The van der Waals surface area contributed by atoms with Gasteiger partial charge in [-0.05, 0) is 66.8 Å². The lowest BCUT2D eigenvalue weighted by Gasteiger charge is -2.18. The van der Waals surface area contributed by atoms with Crippen molar-refractivity contribution >= 4 is 59.1 Å². The molecule has 19 heavy (non-hydrogen) atoms. The van der Waals surface area contributed by atoms with E-state index < -0.39 is 0 Å². The van der Waals surface area contributed by atoms with Gasteiger partial charge < -0.3 is 5.32 Å². The number of thiophene rings is 1. The zero-order chi connectivity index (χ0) is 14.0. The van der Waals surface area contributed by atoms with Gasteiger partial charge in [0.05, 0.1) is 19.3 Å². The van der Waals surface area contributed by atoms with Gasteiger partial charge in [0.15, 0.2) is 4.60 Å². The average molecular weight is 473 g/mol. The fourth-order valence-corrected chi connectivity index (χ4v) is 5.30. The van der Waals surface area contributed by atoms with Crippen LogP contribution < -0.4 is 5.32 Å². The molecular formula is C11H13Br3N4S. The maximum atomic E-state index is 4.07. The number of nitrogens with one attached hydrogen (secondary N) is 1. The van der Waals surface area contributed by atoms with E-state index in [-0.39, 0.29) is 6.04 Å². The van der Waals surface area contributed by atoms with Gasteiger partial charge in [0.1, 0.15) is 0 Å². The molecule has 0 fully saturated rings. The Balaban J connectivity index is 2.44. The lowest BCUT2D eigenvalue weighted by atomic mass is 10.1. The summed E-state index contributed by atoms with van der Waals surface area (Å²) in [5, 5.41) is 11.7. The lowest BCUT2D eigenvalue weighted by Crippen LogP contribution is -2.25. The maximum Gasteiger partial charge on any atom is 0.153 e. The summed E-state index contributed by atoms with van der Waals surface area (Å²) in [6, 6.07) is 2.19. The quantitative estimate of drug-likeness (QED) is 0.707. The Morgan fingerprint density at radius 2 is 2.16 bits per heavy atom. The van der Waals surface area contributed by atoms with Crippen LogP contribution in [0.25, 0.3) is 0 Å². The topological polar surface area (TPSA) is 42.7 Å². The molecule has 0 radical (unpaired) electrons. The first kappa shape index (κ1) is 15.6. The second kappa shape index (κ2) is 6.80. The Bertz CT molecular complexity index is 547. The van der Waals surface area contributed by atoms with E-state index >= 15 is 0 Å². The van der Waals surface area contributed by atoms with Crippen molar-refractivity contribution in [3.63, 3.8) is 0 Å². The summed E-state index contributed by atoms with van der Waals surface area (Å²) in [6.45, 7) is 3.08. The second-order valence-electron chi connectivity index (χ2n) is 4.06. The van der Waals surface area contributed by atoms with E-state index in [0.717, 1.165) is 30.8 Å². The van der Waals surface area contributed by atoms with Crippen molar-refractivity contribution in [3.05, 3.63) is 29.5 Å². The van der Waals surface area contributed by atoms with Crippen LogP contribution in [0.5, 0.6) is 0 Å². The molecule has 0 aliphatic carbocycles. The van der Waals surface area contributed by atoms with Gasteiger partial charge in [-0.25, -0.2) is 4.68 Å². The number of nitrogens with zero attached hydrogens (tertiary/aromatic N) is 3. The van der Waals surface area contributed by atoms with Crippen LogP contribution in [0.1, 0.15) is 30.6 Å². The van der Waals surface area contributed by atoms with E-state index in [0.29, 0.717) is 0 Å². The fourth-order valence-electron chi connectivity index (χ4n) is 1.84. The SMILES string of the molecule is CCCNC(c1cc(Br)sc1Br)c1c(Br)nnn1C. The van der Waals surface area contributed by atoms with E-state index in [1.54, 1.807) is 16.0 Å². The summed E-state index contributed by atoms with van der Waals surface area (Å²) in [5.41, 5.74) is 2.22. The lowest BCUT2D eigenvalue weighted by molar-refractivity contribution is 0.549. The van der Waals surface area contributed by atoms with Crippen molar-refractivity contribution in [2.75, 3.05) is 6.54 Å². The molecule has 2 aromatic rings. The van der Waals surface area contributed by atoms with Crippen LogP contribution in [0.4, 0.5) is 0 Å². The molecule has 1 atom stereocenters. The first-order chi connectivity index (χ1) is 9.04. The molecular weight excluding hydrogens is 460 g/mol. The zero-order valence-corrected chi connectivity index (χ0v) is 16.0. The number of aryl methyl sites for hydroxylation is 1. The Kier molecular flexibility index (Phi) is 5.59. The zero-order valence-electron chi connectivity index (χ0n) is 10.5. The van der Waals surface area contributed by atoms with Gasteiger partial charge >= 0.3 is 0 Å². The average Bonchev–Trinajstić information content (AvgIpc) is 2.85. The first-order valence-electron chi connectivity index (χ1n) is 5.77. The van der Waals surface area contributed by atoms with Crippen LogP contribution in [0.15, 0.2) is 18.2 Å². The summed E-state index contributed by atoms with van der Waals surface area (Å²) in [7, 11) is 1.91. The molecule has 0 bridgehead atoms. The molecule has 104 valence electrons. The summed E-state index contributed by atoms with van der Waals surface area (Å²) in [5.74, 6) is 0. The predicted molar refractivity (Wildman–Crippen MR) is 88.6 cm³/mol. The molecule has 8 heteroatoms. The van der Waals surface area contributed by atoms with E-state index in [4.69, 9.17) is 0 Å². The van der Waals surface area contributed by atoms with Crippen LogP contribution in [0.3, 0.4) is 0 Å². The highest BCUT2D eigenvalue weighted by molar-refractivity contribution is 9.12. The van der Waals surface area contributed by atoms with Gasteiger partial charge in [-0.1, -0.05) is 12.1 Å². The van der Waals surface area contributed by atoms with Crippen molar-refractivity contribution in [2.24, 2.45) is 7.05 Å². The molecule has 0 amide bonds. The Hall–Kier alpha value is 0.240. The van der Waals surface area contributed by atoms with Crippen LogP contribution in [0.2, 0.25) is 0 Å². The summed E-state index contributed by atoms with van der Waals surface area (Å²) >= 11 is 12.3. The molecule has 4 nitrogen and oxygen atoms in total. The van der Waals surface area contributed by atoms with Gasteiger partial charge in [0, 0.05) is 12.6 Å². The van der Waals surface area contributed by atoms with Crippen molar-refractivity contribution in [2.45, 2.75) is 19.4 Å². The Morgan fingerprint density at radius 1 is 1.42 bits per heavy atom. The van der Waals surface area contributed by atoms with E-state index in [1.807, 2.05) is 7.05 Å². The molecule has 0 aromatic carbocycles. The summed E-state index contributed by atoms with van der Waals surface area (Å²) < 4.78 is 4.79. The fraction of sp³-hybridized carbons (Fsp3) is 0.455. The summed E-state index contributed by atoms with van der Waals surface area (Å²) in [4.78, 5) is 0. The standard InChI is InChI=1S/C11H13Br3N4S/c1-3-4-15-8(6-5-7(12)19-11(6)14)9-10(13)16-17-18(9)2/h5,8,15H,3-4H2,1-2H3. The van der Waals surface area contributed by atoms with Crippen molar-refractivity contribution in [1.29, 1.82) is 0 Å². The largest absolute Gasteiger partial charge is 0.305 e. The number of aromatic nitrogens is 3. The van der Waals surface area contributed by atoms with E-state index in [2.05, 4.69) is 76.4 Å². The third-order valence-corrected chi connectivity index (χ3v) is 5.64.